The summed E-state index contributed by atoms with van der Waals surface area (Å²) in [5.41, 5.74) is 5.34. The van der Waals surface area contributed by atoms with Crippen molar-refractivity contribution >= 4 is 66.9 Å². The van der Waals surface area contributed by atoms with Crippen molar-refractivity contribution in [2.75, 3.05) is 34.8 Å². The lowest BCUT2D eigenvalue weighted by molar-refractivity contribution is -0.168. The average Bonchev–Trinajstić information content (AvgIpc) is 3.08. The summed E-state index contributed by atoms with van der Waals surface area (Å²) >= 11 is 0. The summed E-state index contributed by atoms with van der Waals surface area (Å²) in [6, 6.07) is 16.8. The number of ether oxygens (including phenoxy) is 1. The minimum absolute atomic E-state index is 0.114. The monoisotopic (exact) mass is 728 g/mol. The Labute approximate surface area is 299 Å². The van der Waals surface area contributed by atoms with Crippen LogP contribution in [-0.4, -0.2) is 92.5 Å². The van der Waals surface area contributed by atoms with Gasteiger partial charge in [-0.3, -0.25) is 19.2 Å². The lowest BCUT2D eigenvalue weighted by Gasteiger charge is -2.58. The standard InChI is InChI=1S/C35H44N4O5S4/c1-9-33(23(2)36-5)37(6)29(41)32(4,45-46-33)20-27-16-12-25(13-17-27)10-11-26-14-18-28(19-15-26)21-34-30(42)39(8)35(48-47-34,22-44-24(3)40)31(43)38(34)7/h12-19,36H,2,9-11,20-22H2,1,3-8H3/t32-,33-,34-,35-/m0/s1. The van der Waals surface area contributed by atoms with Crippen LogP contribution in [0.5, 0.6) is 0 Å². The van der Waals surface area contributed by atoms with Crippen LogP contribution in [0.2, 0.25) is 0 Å². The van der Waals surface area contributed by atoms with Crippen LogP contribution in [0.3, 0.4) is 0 Å². The second-order valence-electron chi connectivity index (χ2n) is 12.9. The van der Waals surface area contributed by atoms with Crippen LogP contribution < -0.4 is 5.32 Å². The fourth-order valence-electron chi connectivity index (χ4n) is 6.50. The lowest BCUT2D eigenvalue weighted by atomic mass is 9.95. The highest BCUT2D eigenvalue weighted by molar-refractivity contribution is 8.78. The van der Waals surface area contributed by atoms with Crippen LogP contribution >= 0.6 is 43.2 Å². The van der Waals surface area contributed by atoms with Crippen molar-refractivity contribution in [2.24, 2.45) is 0 Å². The molecule has 2 aromatic carbocycles. The number of carbonyl (C=O) groups excluding carboxylic acids is 4. The van der Waals surface area contributed by atoms with E-state index < -0.39 is 25.3 Å². The molecule has 48 heavy (non-hydrogen) atoms. The maximum Gasteiger partial charge on any atom is 0.302 e. The number of hydrogen-bond acceptors (Lipinski definition) is 10. The normalized spacial score (nSPS) is 28.6. The molecule has 4 atom stereocenters. The van der Waals surface area contributed by atoms with Gasteiger partial charge in [0.25, 0.3) is 11.8 Å². The van der Waals surface area contributed by atoms with E-state index in [4.69, 9.17) is 4.74 Å². The van der Waals surface area contributed by atoms with Gasteiger partial charge in [-0.05, 0) is 65.7 Å². The highest BCUT2D eigenvalue weighted by Gasteiger charge is 2.68. The first kappa shape index (κ1) is 36.5. The second-order valence-corrected chi connectivity index (χ2v) is 18.5. The predicted molar refractivity (Wildman–Crippen MR) is 198 cm³/mol. The molecule has 1 N–H and O–H groups in total. The SMILES string of the molecule is C=C(NC)[C@]1(CC)SS[C@@](C)(Cc2ccc(CCc3ccc(C[C@@]45SS[C@@](COC(C)=O)(C(=O)N4C)N(C)C5=O)cc3)cc2)C(=O)N1C. The smallest absolute Gasteiger partial charge is 0.302 e. The summed E-state index contributed by atoms with van der Waals surface area (Å²) < 4.78 is 4.62. The van der Waals surface area contributed by atoms with Crippen LogP contribution in [0.25, 0.3) is 0 Å². The molecule has 3 amide bonds. The van der Waals surface area contributed by atoms with E-state index in [1.165, 1.54) is 49.4 Å². The molecule has 4 saturated heterocycles. The van der Waals surface area contributed by atoms with Crippen molar-refractivity contribution in [1.82, 2.24) is 20.0 Å². The van der Waals surface area contributed by atoms with E-state index in [0.717, 1.165) is 36.1 Å². The van der Waals surface area contributed by atoms with E-state index in [1.54, 1.807) is 35.7 Å². The van der Waals surface area contributed by atoms with Crippen molar-refractivity contribution in [3.05, 3.63) is 83.1 Å². The molecule has 4 aliphatic rings. The Morgan fingerprint density at radius 2 is 1.23 bits per heavy atom. The molecule has 0 unspecified atom stereocenters. The molecule has 258 valence electrons. The van der Waals surface area contributed by atoms with Gasteiger partial charge in [-0.15, -0.1) is 0 Å². The van der Waals surface area contributed by atoms with Gasteiger partial charge in [0.15, 0.2) is 4.87 Å². The Hall–Kier alpha value is -2.74. The van der Waals surface area contributed by atoms with E-state index in [0.29, 0.717) is 12.8 Å². The topological polar surface area (TPSA) is 99.3 Å². The molecule has 13 heteroatoms. The Balaban J connectivity index is 1.18. The lowest BCUT2D eigenvalue weighted by Crippen LogP contribution is -2.77. The summed E-state index contributed by atoms with van der Waals surface area (Å²) in [6.45, 7) is 9.42. The number of esters is 1. The fourth-order valence-corrected chi connectivity index (χ4v) is 13.8. The first-order chi connectivity index (χ1) is 22.7. The molecule has 2 bridgehead atoms. The molecule has 2 aromatic rings. The number of carbonyl (C=O) groups is 4. The molecule has 0 radical (unpaired) electrons. The number of aryl methyl sites for hydroxylation is 2. The van der Waals surface area contributed by atoms with Crippen LogP contribution in [0, 0.1) is 0 Å². The number of benzene rings is 2. The molecule has 4 fully saturated rings. The van der Waals surface area contributed by atoms with Crippen molar-refractivity contribution < 1.29 is 23.9 Å². The zero-order valence-corrected chi connectivity index (χ0v) is 31.9. The maximum atomic E-state index is 13.6. The fraction of sp³-hybridized carbons (Fsp3) is 0.486. The molecule has 0 aliphatic carbocycles. The third-order valence-electron chi connectivity index (χ3n) is 9.80. The quantitative estimate of drug-likeness (QED) is 0.230. The molecule has 0 spiro atoms. The summed E-state index contributed by atoms with van der Waals surface area (Å²) in [6.07, 6.45) is 3.52. The van der Waals surface area contributed by atoms with Crippen molar-refractivity contribution in [2.45, 2.75) is 72.2 Å². The van der Waals surface area contributed by atoms with Crippen molar-refractivity contribution in [3.63, 3.8) is 0 Å². The van der Waals surface area contributed by atoms with Crippen molar-refractivity contribution in [1.29, 1.82) is 0 Å². The Bertz CT molecular complexity index is 1610. The summed E-state index contributed by atoms with van der Waals surface area (Å²) in [4.78, 5) is 54.2. The molecule has 0 saturated carbocycles. The maximum absolute atomic E-state index is 13.6. The van der Waals surface area contributed by atoms with Gasteiger partial charge in [-0.2, -0.15) is 0 Å². The molecular weight excluding hydrogens is 685 g/mol. The second kappa shape index (κ2) is 13.9. The Morgan fingerprint density at radius 1 is 0.750 bits per heavy atom. The van der Waals surface area contributed by atoms with E-state index in [-0.39, 0.29) is 24.3 Å². The number of nitrogens with one attached hydrogen (secondary N) is 1. The minimum atomic E-state index is -1.25. The average molecular weight is 729 g/mol. The van der Waals surface area contributed by atoms with Crippen LogP contribution in [0.4, 0.5) is 0 Å². The first-order valence-electron chi connectivity index (χ1n) is 15.9. The minimum Gasteiger partial charge on any atom is -0.462 e. The molecule has 6 rings (SSSR count). The Morgan fingerprint density at radius 3 is 1.75 bits per heavy atom. The zero-order chi connectivity index (χ0) is 35.1. The third kappa shape index (κ3) is 6.24. The van der Waals surface area contributed by atoms with Crippen LogP contribution in [0.1, 0.15) is 49.4 Å². The first-order valence-corrected chi connectivity index (χ1v) is 20.2. The van der Waals surface area contributed by atoms with Crippen LogP contribution in [-0.2, 0) is 49.6 Å². The number of hydrogen-bond donors (Lipinski definition) is 1. The number of nitrogens with zero attached hydrogens (tertiary/aromatic N) is 3. The van der Waals surface area contributed by atoms with E-state index in [1.807, 2.05) is 38.1 Å². The van der Waals surface area contributed by atoms with Gasteiger partial charge in [0, 0.05) is 47.2 Å². The molecule has 9 nitrogen and oxygen atoms in total. The summed E-state index contributed by atoms with van der Waals surface area (Å²) in [7, 11) is 13.0. The number of piperazine rings is 1. The largest absolute Gasteiger partial charge is 0.462 e. The summed E-state index contributed by atoms with van der Waals surface area (Å²) in [5.74, 6) is -0.790. The molecular formula is C35H44N4O5S4. The van der Waals surface area contributed by atoms with Crippen molar-refractivity contribution in [3.8, 4) is 0 Å². The third-order valence-corrected chi connectivity index (χ3v) is 17.5. The number of rotatable bonds is 12. The highest BCUT2D eigenvalue weighted by Crippen LogP contribution is 2.59. The van der Waals surface area contributed by atoms with Crippen LogP contribution in [0.15, 0.2) is 60.8 Å². The predicted octanol–water partition coefficient (Wildman–Crippen LogP) is 5.29. The van der Waals surface area contributed by atoms with Gasteiger partial charge in [-0.25, -0.2) is 0 Å². The van der Waals surface area contributed by atoms with Gasteiger partial charge in [-0.1, -0.05) is 94.4 Å². The number of likely N-dealkylation sites (N-methyl/N-ethyl adjacent to an activating group) is 4. The van der Waals surface area contributed by atoms with Gasteiger partial charge in [0.05, 0.1) is 0 Å². The molecule has 4 heterocycles. The zero-order valence-electron chi connectivity index (χ0n) is 28.6. The summed E-state index contributed by atoms with van der Waals surface area (Å²) in [5, 5.41) is 3.16. The van der Waals surface area contributed by atoms with E-state index in [2.05, 4.69) is 55.2 Å². The molecule has 4 aliphatic heterocycles. The van der Waals surface area contributed by atoms with E-state index >= 15 is 0 Å². The van der Waals surface area contributed by atoms with Gasteiger partial charge >= 0.3 is 5.97 Å². The van der Waals surface area contributed by atoms with Gasteiger partial charge in [0.1, 0.15) is 16.2 Å². The Kier molecular flexibility index (Phi) is 10.6. The van der Waals surface area contributed by atoms with E-state index in [9.17, 15) is 19.2 Å². The number of amides is 3. The number of fused-ring (bicyclic) bond motifs is 3. The highest BCUT2D eigenvalue weighted by atomic mass is 33.1. The van der Waals surface area contributed by atoms with Gasteiger partial charge in [0.2, 0.25) is 10.8 Å². The molecule has 0 aromatic heterocycles. The van der Waals surface area contributed by atoms with Gasteiger partial charge < -0.3 is 24.8 Å².